The molecule has 0 saturated carbocycles. The van der Waals surface area contributed by atoms with Crippen molar-refractivity contribution in [3.63, 3.8) is 0 Å². The van der Waals surface area contributed by atoms with Crippen molar-refractivity contribution in [1.82, 2.24) is 14.5 Å². The number of hydrogen-bond donors (Lipinski definition) is 2. The van der Waals surface area contributed by atoms with Gasteiger partial charge in [0, 0.05) is 17.8 Å². The summed E-state index contributed by atoms with van der Waals surface area (Å²) >= 11 is 1.31. The van der Waals surface area contributed by atoms with Gasteiger partial charge in [-0.05, 0) is 16.7 Å². The van der Waals surface area contributed by atoms with Crippen LogP contribution in [-0.2, 0) is 21.7 Å². The third-order valence-corrected chi connectivity index (χ3v) is 6.78. The van der Waals surface area contributed by atoms with Crippen LogP contribution < -0.4 is 5.32 Å². The maximum Gasteiger partial charge on any atom is 0.360 e. The summed E-state index contributed by atoms with van der Waals surface area (Å²) in [5.74, 6) is -1.22. The van der Waals surface area contributed by atoms with Gasteiger partial charge in [-0.2, -0.15) is 0 Å². The molecule has 8 nitrogen and oxygen atoms in total. The Hall–Kier alpha value is -4.76. The third kappa shape index (κ3) is 5.33. The lowest BCUT2D eigenvalue weighted by Gasteiger charge is -2.36. The van der Waals surface area contributed by atoms with Crippen LogP contribution in [0.1, 0.15) is 22.4 Å². The zero-order chi connectivity index (χ0) is 26.2. The van der Waals surface area contributed by atoms with Gasteiger partial charge >= 0.3 is 5.97 Å². The number of rotatable bonds is 11. The maximum atomic E-state index is 12.0. The molecule has 5 rings (SSSR count). The van der Waals surface area contributed by atoms with E-state index in [2.05, 4.69) is 56.8 Å². The SMILES string of the molecule is O=C(O)/C(=N\OCCn1ccnc1)c1csc(NC(c2ccccc2)(c2ccccc2)c2ccccc2)n1. The first-order valence-electron chi connectivity index (χ1n) is 12.0. The molecule has 2 heterocycles. The fourth-order valence-corrected chi connectivity index (χ4v) is 5.00. The second kappa shape index (κ2) is 11.5. The van der Waals surface area contributed by atoms with Crippen molar-refractivity contribution in [2.24, 2.45) is 5.16 Å². The topological polar surface area (TPSA) is 102 Å². The van der Waals surface area contributed by atoms with Crippen LogP contribution in [0.15, 0.2) is 120 Å². The average Bonchev–Trinajstić information content (AvgIpc) is 3.65. The minimum atomic E-state index is -1.22. The first-order valence-corrected chi connectivity index (χ1v) is 12.8. The van der Waals surface area contributed by atoms with Crippen LogP contribution in [0.5, 0.6) is 0 Å². The molecule has 2 N–H and O–H groups in total. The Morgan fingerprint density at radius 3 is 2.03 bits per heavy atom. The molecular formula is C29H25N5O3S. The Bertz CT molecular complexity index is 1390. The molecule has 0 radical (unpaired) electrons. The Morgan fingerprint density at radius 1 is 0.947 bits per heavy atom. The smallest absolute Gasteiger partial charge is 0.360 e. The lowest BCUT2D eigenvalue weighted by Crippen LogP contribution is -2.38. The zero-order valence-electron chi connectivity index (χ0n) is 20.3. The Morgan fingerprint density at radius 2 is 1.53 bits per heavy atom. The molecular weight excluding hydrogens is 498 g/mol. The van der Waals surface area contributed by atoms with Gasteiger partial charge in [-0.3, -0.25) is 0 Å². The van der Waals surface area contributed by atoms with E-state index in [4.69, 9.17) is 4.84 Å². The fraction of sp³-hybridized carbons (Fsp3) is 0.103. The van der Waals surface area contributed by atoms with Gasteiger partial charge in [-0.15, -0.1) is 11.3 Å². The zero-order valence-corrected chi connectivity index (χ0v) is 21.2. The standard InChI is InChI=1S/C29H25N5O3S/c35-27(36)26(33-37-19-18-34-17-16-30-21-34)25-20-38-28(31-25)32-29(22-10-4-1-5-11-22,23-12-6-2-7-13-23)24-14-8-3-9-15-24/h1-17,20-21H,18-19H2,(H,31,32)(H,35,36)/b33-26-. The molecule has 0 unspecified atom stereocenters. The van der Waals surface area contributed by atoms with E-state index in [-0.39, 0.29) is 18.0 Å². The lowest BCUT2D eigenvalue weighted by molar-refractivity contribution is -0.129. The van der Waals surface area contributed by atoms with Crippen LogP contribution in [0.25, 0.3) is 0 Å². The van der Waals surface area contributed by atoms with E-state index in [0.29, 0.717) is 11.7 Å². The molecule has 0 aliphatic heterocycles. The van der Waals surface area contributed by atoms with Gasteiger partial charge in [0.15, 0.2) is 5.13 Å². The van der Waals surface area contributed by atoms with E-state index in [1.807, 2.05) is 59.2 Å². The van der Waals surface area contributed by atoms with Crippen LogP contribution >= 0.6 is 11.3 Å². The van der Waals surface area contributed by atoms with E-state index in [1.54, 1.807) is 24.1 Å². The quantitative estimate of drug-likeness (QED) is 0.106. The van der Waals surface area contributed by atoms with Crippen molar-refractivity contribution in [2.75, 3.05) is 11.9 Å². The van der Waals surface area contributed by atoms with Crippen LogP contribution in [0.3, 0.4) is 0 Å². The number of thiazole rings is 1. The molecule has 0 aliphatic carbocycles. The minimum Gasteiger partial charge on any atom is -0.476 e. The van der Waals surface area contributed by atoms with E-state index in [1.165, 1.54) is 11.3 Å². The molecule has 3 aromatic carbocycles. The summed E-state index contributed by atoms with van der Waals surface area (Å²) in [7, 11) is 0. The Kier molecular flexibility index (Phi) is 7.56. The molecule has 0 bridgehead atoms. The highest BCUT2D eigenvalue weighted by atomic mass is 32.1. The summed E-state index contributed by atoms with van der Waals surface area (Å²) in [5.41, 5.74) is 2.23. The number of carboxylic acids is 1. The molecule has 0 aliphatic rings. The molecule has 190 valence electrons. The summed E-state index contributed by atoms with van der Waals surface area (Å²) in [4.78, 5) is 25.9. The number of aliphatic carboxylic acids is 1. The van der Waals surface area contributed by atoms with Crippen molar-refractivity contribution < 1.29 is 14.7 Å². The van der Waals surface area contributed by atoms with E-state index >= 15 is 0 Å². The van der Waals surface area contributed by atoms with Gasteiger partial charge in [0.1, 0.15) is 17.8 Å². The van der Waals surface area contributed by atoms with E-state index in [0.717, 1.165) is 16.7 Å². The van der Waals surface area contributed by atoms with Crippen LogP contribution in [0.2, 0.25) is 0 Å². The van der Waals surface area contributed by atoms with Crippen molar-refractivity contribution in [3.8, 4) is 0 Å². The highest BCUT2D eigenvalue weighted by Crippen LogP contribution is 2.40. The summed E-state index contributed by atoms with van der Waals surface area (Å²) < 4.78 is 1.82. The first-order chi connectivity index (χ1) is 18.7. The van der Waals surface area contributed by atoms with E-state index < -0.39 is 11.5 Å². The molecule has 0 amide bonds. The number of carboxylic acid groups (broad SMARTS) is 1. The van der Waals surface area contributed by atoms with Crippen LogP contribution in [0, 0.1) is 0 Å². The average molecular weight is 524 g/mol. The lowest BCUT2D eigenvalue weighted by atomic mass is 9.77. The van der Waals surface area contributed by atoms with Gasteiger partial charge in [-0.25, -0.2) is 14.8 Å². The molecule has 9 heteroatoms. The number of benzene rings is 3. The number of nitrogens with one attached hydrogen (secondary N) is 1. The Balaban J connectivity index is 1.50. The van der Waals surface area contributed by atoms with Crippen molar-refractivity contribution in [1.29, 1.82) is 0 Å². The molecule has 0 saturated heterocycles. The second-order valence-electron chi connectivity index (χ2n) is 8.39. The first kappa shape index (κ1) is 24.9. The number of carbonyl (C=O) groups is 1. The van der Waals surface area contributed by atoms with Gasteiger partial charge in [0.2, 0.25) is 5.71 Å². The fourth-order valence-electron chi connectivity index (χ4n) is 4.25. The monoisotopic (exact) mass is 523 g/mol. The van der Waals surface area contributed by atoms with E-state index in [9.17, 15) is 9.90 Å². The van der Waals surface area contributed by atoms with Crippen molar-refractivity contribution in [3.05, 3.63) is 137 Å². The normalized spacial score (nSPS) is 11.7. The maximum absolute atomic E-state index is 12.0. The number of aromatic nitrogens is 3. The van der Waals surface area contributed by atoms with Crippen molar-refractivity contribution in [2.45, 2.75) is 12.1 Å². The number of oxime groups is 1. The number of imidazole rings is 1. The Labute approximate surface area is 223 Å². The minimum absolute atomic E-state index is 0.196. The summed E-state index contributed by atoms with van der Waals surface area (Å²) in [5, 5.41) is 19.5. The largest absolute Gasteiger partial charge is 0.476 e. The molecule has 38 heavy (non-hydrogen) atoms. The summed E-state index contributed by atoms with van der Waals surface area (Å²) in [6.07, 6.45) is 5.11. The molecule has 0 atom stereocenters. The molecule has 5 aromatic rings. The third-order valence-electron chi connectivity index (χ3n) is 6.02. The molecule has 0 fully saturated rings. The summed E-state index contributed by atoms with van der Waals surface area (Å²) in [6.45, 7) is 0.690. The van der Waals surface area contributed by atoms with Gasteiger partial charge in [0.05, 0.1) is 12.9 Å². The number of hydrogen-bond acceptors (Lipinski definition) is 7. The highest BCUT2D eigenvalue weighted by Gasteiger charge is 2.37. The van der Waals surface area contributed by atoms with Crippen LogP contribution in [0.4, 0.5) is 5.13 Å². The highest BCUT2D eigenvalue weighted by molar-refractivity contribution is 7.14. The second-order valence-corrected chi connectivity index (χ2v) is 9.25. The number of nitrogens with zero attached hydrogens (tertiary/aromatic N) is 4. The predicted molar refractivity (Wildman–Crippen MR) is 147 cm³/mol. The molecule has 2 aromatic heterocycles. The van der Waals surface area contributed by atoms with Gasteiger partial charge < -0.3 is 19.8 Å². The van der Waals surface area contributed by atoms with Gasteiger partial charge in [0.25, 0.3) is 0 Å². The predicted octanol–water partition coefficient (Wildman–Crippen LogP) is 5.25. The van der Waals surface area contributed by atoms with Crippen LogP contribution in [-0.4, -0.2) is 37.9 Å². The summed E-state index contributed by atoms with van der Waals surface area (Å²) in [6, 6.07) is 30.4. The number of anilines is 1. The van der Waals surface area contributed by atoms with Gasteiger partial charge in [-0.1, -0.05) is 96.2 Å². The molecule has 0 spiro atoms. The van der Waals surface area contributed by atoms with Crippen molar-refractivity contribution >= 4 is 28.1 Å².